The molecular formula is C25H24ClN3O4S2. The number of rotatable bonds is 6. The number of hydrogen-bond donors (Lipinski definition) is 1. The molecule has 2 N–H and O–H groups in total. The molecule has 1 saturated heterocycles. The Balaban J connectivity index is 1.73. The smallest absolute Gasteiger partial charge is 0.269 e. The highest BCUT2D eigenvalue weighted by molar-refractivity contribution is 7.90. The summed E-state index contributed by atoms with van der Waals surface area (Å²) < 4.78 is 29.3. The van der Waals surface area contributed by atoms with Crippen molar-refractivity contribution in [3.63, 3.8) is 0 Å². The zero-order valence-electron chi connectivity index (χ0n) is 19.0. The van der Waals surface area contributed by atoms with Crippen molar-refractivity contribution < 1.29 is 17.9 Å². The van der Waals surface area contributed by atoms with Crippen molar-refractivity contribution in [2.75, 3.05) is 32.6 Å². The molecule has 1 amide bonds. The summed E-state index contributed by atoms with van der Waals surface area (Å²) in [6.45, 7) is 1.90. The molecule has 0 atom stereocenters. The van der Waals surface area contributed by atoms with Crippen LogP contribution in [0.1, 0.15) is 4.88 Å². The topological polar surface area (TPSA) is 102 Å². The predicted molar refractivity (Wildman–Crippen MR) is 140 cm³/mol. The molecule has 0 spiro atoms. The van der Waals surface area contributed by atoms with E-state index in [9.17, 15) is 13.2 Å². The van der Waals surface area contributed by atoms with Crippen molar-refractivity contribution in [2.45, 2.75) is 4.90 Å². The number of para-hydroxylation sites is 1. The molecule has 4 rings (SSSR count). The normalized spacial score (nSPS) is 15.3. The maximum atomic E-state index is 12.9. The van der Waals surface area contributed by atoms with E-state index in [0.29, 0.717) is 42.7 Å². The summed E-state index contributed by atoms with van der Waals surface area (Å²) in [7, 11) is -3.34. The molecule has 0 radical (unpaired) electrons. The molecule has 0 bridgehead atoms. The zero-order valence-corrected chi connectivity index (χ0v) is 21.4. The second kappa shape index (κ2) is 10.7. The number of sulfone groups is 1. The Labute approximate surface area is 213 Å². The summed E-state index contributed by atoms with van der Waals surface area (Å²) in [5.74, 6) is -0.280. The predicted octanol–water partition coefficient (Wildman–Crippen LogP) is 4.29. The van der Waals surface area contributed by atoms with E-state index in [1.54, 1.807) is 41.3 Å². The van der Waals surface area contributed by atoms with Gasteiger partial charge in [0.15, 0.2) is 9.84 Å². The quantitative estimate of drug-likeness (QED) is 0.379. The standard InChI is InChI=1S/C25H24ClN3O4S2/c1-35(31,32)18-6-4-5-17(15-18)23-9-10-24(34-23)22(28-21-8-3-2-7-19(21)26)16-20(27)25(30)29-11-13-33-14-12-29/h2-10,15-16H,11-14,27H2,1H3/b20-16-,28-22?. The number of halogens is 1. The van der Waals surface area contributed by atoms with Crippen molar-refractivity contribution >= 4 is 50.1 Å². The van der Waals surface area contributed by atoms with Crippen LogP contribution in [-0.4, -0.2) is 57.5 Å². The minimum Gasteiger partial charge on any atom is -0.394 e. The van der Waals surface area contributed by atoms with Crippen molar-refractivity contribution in [1.29, 1.82) is 0 Å². The van der Waals surface area contributed by atoms with Crippen molar-refractivity contribution in [3.8, 4) is 10.4 Å². The maximum absolute atomic E-state index is 12.9. The van der Waals surface area contributed by atoms with Crippen LogP contribution < -0.4 is 5.73 Å². The van der Waals surface area contributed by atoms with Crippen LogP contribution in [0.2, 0.25) is 5.02 Å². The van der Waals surface area contributed by atoms with Crippen LogP contribution in [0.15, 0.2) is 82.3 Å². The number of carbonyl (C=O) groups is 1. The zero-order chi connectivity index (χ0) is 25.0. The Hall–Kier alpha value is -2.98. The molecule has 0 saturated carbocycles. The lowest BCUT2D eigenvalue weighted by molar-refractivity contribution is -0.131. The molecule has 1 aliphatic rings. The Morgan fingerprint density at radius 2 is 1.86 bits per heavy atom. The molecule has 0 unspecified atom stereocenters. The van der Waals surface area contributed by atoms with Crippen LogP contribution in [0.5, 0.6) is 0 Å². The average molecular weight is 530 g/mol. The van der Waals surface area contributed by atoms with Gasteiger partial charge in [0.1, 0.15) is 0 Å². The van der Waals surface area contributed by atoms with Crippen molar-refractivity contribution in [2.24, 2.45) is 10.7 Å². The first-order chi connectivity index (χ1) is 16.7. The van der Waals surface area contributed by atoms with Gasteiger partial charge in [-0.3, -0.25) is 4.79 Å². The van der Waals surface area contributed by atoms with Gasteiger partial charge < -0.3 is 15.4 Å². The molecule has 10 heteroatoms. The lowest BCUT2D eigenvalue weighted by Gasteiger charge is -2.26. The highest BCUT2D eigenvalue weighted by Gasteiger charge is 2.20. The fraction of sp³-hybridized carbons (Fsp3) is 0.200. The molecule has 2 heterocycles. The van der Waals surface area contributed by atoms with E-state index in [2.05, 4.69) is 0 Å². The third kappa shape index (κ3) is 6.18. The molecule has 182 valence electrons. The number of hydrogen-bond acceptors (Lipinski definition) is 7. The van der Waals surface area contributed by atoms with Crippen LogP contribution in [-0.2, 0) is 19.4 Å². The Morgan fingerprint density at radius 3 is 2.57 bits per heavy atom. The number of amides is 1. The third-order valence-corrected chi connectivity index (χ3v) is 7.92. The van der Waals surface area contributed by atoms with Gasteiger partial charge in [0, 0.05) is 24.2 Å². The van der Waals surface area contributed by atoms with Gasteiger partial charge >= 0.3 is 0 Å². The Kier molecular flexibility index (Phi) is 7.71. The van der Waals surface area contributed by atoms with Crippen LogP contribution in [0.4, 0.5) is 5.69 Å². The number of ether oxygens (including phenoxy) is 1. The van der Waals surface area contributed by atoms with E-state index in [1.165, 1.54) is 17.6 Å². The van der Waals surface area contributed by atoms with Gasteiger partial charge in [0.25, 0.3) is 5.91 Å². The lowest BCUT2D eigenvalue weighted by Crippen LogP contribution is -2.42. The third-order valence-electron chi connectivity index (χ3n) is 5.34. The first-order valence-corrected chi connectivity index (χ1v) is 13.9. The van der Waals surface area contributed by atoms with Gasteiger partial charge in [0.05, 0.1) is 45.1 Å². The molecule has 3 aromatic rings. The summed E-state index contributed by atoms with van der Waals surface area (Å²) in [5, 5.41) is 0.467. The van der Waals surface area contributed by atoms with E-state index in [1.807, 2.05) is 30.3 Å². The van der Waals surface area contributed by atoms with Gasteiger partial charge in [-0.05, 0) is 48.0 Å². The second-order valence-corrected chi connectivity index (χ2v) is 11.4. The maximum Gasteiger partial charge on any atom is 0.269 e. The molecule has 7 nitrogen and oxygen atoms in total. The number of morpholine rings is 1. The van der Waals surface area contributed by atoms with E-state index in [-0.39, 0.29) is 16.5 Å². The minimum atomic E-state index is -3.34. The van der Waals surface area contributed by atoms with Crippen molar-refractivity contribution in [1.82, 2.24) is 4.90 Å². The SMILES string of the molecule is CS(=O)(=O)c1cccc(-c2ccc(C(/C=C(\N)C(=O)N3CCOCC3)=Nc3ccccc3Cl)s2)c1. The van der Waals surface area contributed by atoms with Gasteiger partial charge in [0.2, 0.25) is 0 Å². The monoisotopic (exact) mass is 529 g/mol. The molecule has 2 aromatic carbocycles. The first kappa shape index (κ1) is 25.1. The van der Waals surface area contributed by atoms with Crippen molar-refractivity contribution in [3.05, 3.63) is 82.3 Å². The second-order valence-electron chi connectivity index (χ2n) is 7.92. The number of nitrogens with two attached hydrogens (primary N) is 1. The summed E-state index contributed by atoms with van der Waals surface area (Å²) in [4.78, 5) is 21.1. The van der Waals surface area contributed by atoms with Gasteiger partial charge in [-0.15, -0.1) is 11.3 Å². The molecule has 0 aliphatic carbocycles. The molecule has 1 aromatic heterocycles. The van der Waals surface area contributed by atoms with Crippen LogP contribution in [0.25, 0.3) is 10.4 Å². The Bertz CT molecular complexity index is 1410. The highest BCUT2D eigenvalue weighted by atomic mass is 35.5. The summed E-state index contributed by atoms with van der Waals surface area (Å²) in [6, 6.07) is 17.7. The number of nitrogens with zero attached hydrogens (tertiary/aromatic N) is 2. The molecule has 1 aliphatic heterocycles. The number of carbonyl (C=O) groups excluding carboxylic acids is 1. The number of thiophene rings is 1. The number of benzene rings is 2. The first-order valence-electron chi connectivity index (χ1n) is 10.8. The average Bonchev–Trinajstić information content (AvgIpc) is 3.35. The van der Waals surface area contributed by atoms with E-state index in [4.69, 9.17) is 27.1 Å². The lowest BCUT2D eigenvalue weighted by atomic mass is 10.2. The Morgan fingerprint density at radius 1 is 1.11 bits per heavy atom. The van der Waals surface area contributed by atoms with Crippen LogP contribution >= 0.6 is 22.9 Å². The molecule has 1 fully saturated rings. The van der Waals surface area contributed by atoms with Crippen LogP contribution in [0, 0.1) is 0 Å². The minimum absolute atomic E-state index is 0.0618. The van der Waals surface area contributed by atoms with Gasteiger partial charge in [-0.25, -0.2) is 13.4 Å². The summed E-state index contributed by atoms with van der Waals surface area (Å²) in [5.41, 5.74) is 8.07. The largest absolute Gasteiger partial charge is 0.394 e. The highest BCUT2D eigenvalue weighted by Crippen LogP contribution is 2.32. The van der Waals surface area contributed by atoms with E-state index >= 15 is 0 Å². The fourth-order valence-corrected chi connectivity index (χ4v) is 5.31. The van der Waals surface area contributed by atoms with Gasteiger partial charge in [-0.1, -0.05) is 35.9 Å². The molecular weight excluding hydrogens is 506 g/mol. The van der Waals surface area contributed by atoms with Crippen LogP contribution in [0.3, 0.4) is 0 Å². The number of allylic oxidation sites excluding steroid dienone is 1. The number of aliphatic imine (C=N–C) groups is 1. The van der Waals surface area contributed by atoms with Gasteiger partial charge in [-0.2, -0.15) is 0 Å². The van der Waals surface area contributed by atoms with E-state index < -0.39 is 9.84 Å². The molecule has 35 heavy (non-hydrogen) atoms. The van der Waals surface area contributed by atoms with E-state index in [0.717, 1.165) is 15.3 Å². The summed E-state index contributed by atoms with van der Waals surface area (Å²) in [6.07, 6.45) is 2.74. The fourth-order valence-electron chi connectivity index (χ4n) is 3.50. The summed E-state index contributed by atoms with van der Waals surface area (Å²) >= 11 is 7.75.